The molecule has 0 bridgehead atoms. The maximum Gasteiger partial charge on any atom is 0.157 e. The van der Waals surface area contributed by atoms with E-state index in [9.17, 15) is 0 Å². The number of nitrogens with zero attached hydrogens (tertiary/aromatic N) is 3. The number of aromatic nitrogens is 2. The highest BCUT2D eigenvalue weighted by Crippen LogP contribution is 2.22. The molecule has 0 aliphatic rings. The van der Waals surface area contributed by atoms with E-state index in [0.29, 0.717) is 11.5 Å². The van der Waals surface area contributed by atoms with Crippen molar-refractivity contribution in [3.05, 3.63) is 11.5 Å². The van der Waals surface area contributed by atoms with Gasteiger partial charge in [-0.05, 0) is 27.9 Å². The minimum atomic E-state index is 0.00384. The standard InChI is InChI=1S/C10H18ClN5/c1-10(2,16(3)4)5-13-9-7(12)8(11)14-6-15-9/h6H,5,12H2,1-4H3,(H,13,14,15). The third kappa shape index (κ3) is 2.96. The van der Waals surface area contributed by atoms with Crippen molar-refractivity contribution >= 4 is 23.1 Å². The second-order valence-electron chi connectivity index (χ2n) is 4.49. The molecule has 0 saturated heterocycles. The average molecular weight is 244 g/mol. The summed E-state index contributed by atoms with van der Waals surface area (Å²) in [6.07, 6.45) is 1.39. The van der Waals surface area contributed by atoms with E-state index < -0.39 is 0 Å². The summed E-state index contributed by atoms with van der Waals surface area (Å²) >= 11 is 5.80. The Balaban J connectivity index is 2.72. The molecule has 0 amide bonds. The molecule has 1 aromatic rings. The highest BCUT2D eigenvalue weighted by Gasteiger charge is 2.20. The summed E-state index contributed by atoms with van der Waals surface area (Å²) in [6, 6.07) is 0. The molecule has 90 valence electrons. The Morgan fingerprint density at radius 2 is 2.06 bits per heavy atom. The first-order valence-corrected chi connectivity index (χ1v) is 5.39. The van der Waals surface area contributed by atoms with Gasteiger partial charge in [-0.15, -0.1) is 0 Å². The molecule has 1 aromatic heterocycles. The van der Waals surface area contributed by atoms with Gasteiger partial charge in [0.1, 0.15) is 12.0 Å². The Morgan fingerprint density at radius 1 is 1.44 bits per heavy atom. The maximum atomic E-state index is 5.80. The molecule has 5 nitrogen and oxygen atoms in total. The van der Waals surface area contributed by atoms with Crippen molar-refractivity contribution in [2.45, 2.75) is 19.4 Å². The average Bonchev–Trinajstić information content (AvgIpc) is 2.20. The van der Waals surface area contributed by atoms with Crippen LogP contribution in [0, 0.1) is 0 Å². The Bertz CT molecular complexity index is 364. The number of rotatable bonds is 4. The van der Waals surface area contributed by atoms with Crippen LogP contribution in [0.5, 0.6) is 0 Å². The minimum absolute atomic E-state index is 0.00384. The van der Waals surface area contributed by atoms with Crippen LogP contribution < -0.4 is 11.1 Å². The number of nitrogens with one attached hydrogen (secondary N) is 1. The van der Waals surface area contributed by atoms with Crippen molar-refractivity contribution in [3.8, 4) is 0 Å². The van der Waals surface area contributed by atoms with Crippen LogP contribution in [0.3, 0.4) is 0 Å². The van der Waals surface area contributed by atoms with Crippen molar-refractivity contribution in [1.29, 1.82) is 0 Å². The fourth-order valence-electron chi connectivity index (χ4n) is 0.973. The van der Waals surface area contributed by atoms with E-state index in [0.717, 1.165) is 6.54 Å². The Morgan fingerprint density at radius 3 is 2.62 bits per heavy atom. The maximum absolute atomic E-state index is 5.80. The first-order chi connectivity index (χ1) is 7.34. The first kappa shape index (κ1) is 13.0. The minimum Gasteiger partial charge on any atom is -0.393 e. The Hall–Kier alpha value is -1.07. The lowest BCUT2D eigenvalue weighted by Gasteiger charge is -2.32. The highest BCUT2D eigenvalue weighted by atomic mass is 35.5. The van der Waals surface area contributed by atoms with Gasteiger partial charge in [0.25, 0.3) is 0 Å². The molecule has 3 N–H and O–H groups in total. The van der Waals surface area contributed by atoms with E-state index in [2.05, 4.69) is 34.0 Å². The molecular weight excluding hydrogens is 226 g/mol. The van der Waals surface area contributed by atoms with Gasteiger partial charge in [-0.1, -0.05) is 11.6 Å². The summed E-state index contributed by atoms with van der Waals surface area (Å²) in [6.45, 7) is 4.97. The van der Waals surface area contributed by atoms with Gasteiger partial charge >= 0.3 is 0 Å². The summed E-state index contributed by atoms with van der Waals surface area (Å²) in [7, 11) is 4.05. The number of nitrogen functional groups attached to an aromatic ring is 1. The van der Waals surface area contributed by atoms with Crippen LogP contribution in [0.1, 0.15) is 13.8 Å². The van der Waals surface area contributed by atoms with Gasteiger partial charge < -0.3 is 16.0 Å². The molecule has 0 aliphatic heterocycles. The predicted octanol–water partition coefficient (Wildman–Crippen LogP) is 1.46. The van der Waals surface area contributed by atoms with Gasteiger partial charge in [0.05, 0.1) is 0 Å². The molecular formula is C10H18ClN5. The third-order valence-electron chi connectivity index (χ3n) is 2.73. The van der Waals surface area contributed by atoms with Crippen molar-refractivity contribution in [2.24, 2.45) is 0 Å². The molecule has 0 aromatic carbocycles. The van der Waals surface area contributed by atoms with Gasteiger partial charge in [-0.25, -0.2) is 9.97 Å². The fraction of sp³-hybridized carbons (Fsp3) is 0.600. The van der Waals surface area contributed by atoms with Crippen molar-refractivity contribution in [1.82, 2.24) is 14.9 Å². The zero-order valence-corrected chi connectivity index (χ0v) is 10.8. The second-order valence-corrected chi connectivity index (χ2v) is 4.85. The van der Waals surface area contributed by atoms with Crippen LogP contribution in [-0.4, -0.2) is 41.0 Å². The number of hydrogen-bond acceptors (Lipinski definition) is 5. The van der Waals surface area contributed by atoms with Crippen molar-refractivity contribution in [3.63, 3.8) is 0 Å². The molecule has 16 heavy (non-hydrogen) atoms. The molecule has 6 heteroatoms. The number of halogens is 1. The molecule has 0 radical (unpaired) electrons. The molecule has 1 heterocycles. The molecule has 0 spiro atoms. The molecule has 1 rings (SSSR count). The van der Waals surface area contributed by atoms with Crippen LogP contribution >= 0.6 is 11.6 Å². The van der Waals surface area contributed by atoms with Crippen LogP contribution in [0.25, 0.3) is 0 Å². The van der Waals surface area contributed by atoms with E-state index >= 15 is 0 Å². The zero-order chi connectivity index (χ0) is 12.3. The number of nitrogens with two attached hydrogens (primary N) is 1. The Labute approximate surface area is 101 Å². The monoisotopic (exact) mass is 243 g/mol. The van der Waals surface area contributed by atoms with Crippen molar-refractivity contribution in [2.75, 3.05) is 31.7 Å². The lowest BCUT2D eigenvalue weighted by atomic mass is 10.0. The van der Waals surface area contributed by atoms with E-state index in [1.54, 1.807) is 0 Å². The molecule has 0 fully saturated rings. The molecule has 0 aliphatic carbocycles. The van der Waals surface area contributed by atoms with E-state index in [-0.39, 0.29) is 10.7 Å². The van der Waals surface area contributed by atoms with E-state index in [1.807, 2.05) is 14.1 Å². The number of hydrogen-bond donors (Lipinski definition) is 2. The third-order valence-corrected chi connectivity index (χ3v) is 3.04. The number of anilines is 2. The summed E-state index contributed by atoms with van der Waals surface area (Å²) < 4.78 is 0. The van der Waals surface area contributed by atoms with Gasteiger partial charge in [-0.3, -0.25) is 0 Å². The van der Waals surface area contributed by atoms with Crippen LogP contribution in [0.2, 0.25) is 5.15 Å². The molecule has 0 saturated carbocycles. The zero-order valence-electron chi connectivity index (χ0n) is 10.1. The first-order valence-electron chi connectivity index (χ1n) is 5.02. The fourth-order valence-corrected chi connectivity index (χ4v) is 1.11. The van der Waals surface area contributed by atoms with E-state index in [4.69, 9.17) is 17.3 Å². The van der Waals surface area contributed by atoms with Crippen LogP contribution in [-0.2, 0) is 0 Å². The SMILES string of the molecule is CN(C)C(C)(C)CNc1ncnc(Cl)c1N. The summed E-state index contributed by atoms with van der Waals surface area (Å²) in [4.78, 5) is 9.97. The smallest absolute Gasteiger partial charge is 0.157 e. The topological polar surface area (TPSA) is 67.1 Å². The lowest BCUT2D eigenvalue weighted by molar-refractivity contribution is 0.210. The normalized spacial score (nSPS) is 11.9. The van der Waals surface area contributed by atoms with Crippen LogP contribution in [0.15, 0.2) is 6.33 Å². The molecule has 0 unspecified atom stereocenters. The van der Waals surface area contributed by atoms with Gasteiger partial charge in [0, 0.05) is 12.1 Å². The van der Waals surface area contributed by atoms with E-state index in [1.165, 1.54) is 6.33 Å². The summed E-state index contributed by atoms with van der Waals surface area (Å²) in [5, 5.41) is 3.45. The second kappa shape index (κ2) is 4.84. The lowest BCUT2D eigenvalue weighted by Crippen LogP contribution is -2.44. The largest absolute Gasteiger partial charge is 0.393 e. The summed E-state index contributed by atoms with van der Waals surface area (Å²) in [5.74, 6) is 0.579. The van der Waals surface area contributed by atoms with Crippen LogP contribution in [0.4, 0.5) is 11.5 Å². The molecule has 0 atom stereocenters. The number of likely N-dealkylation sites (N-methyl/N-ethyl adjacent to an activating group) is 1. The summed E-state index contributed by atoms with van der Waals surface area (Å²) in [5.41, 5.74) is 6.15. The van der Waals surface area contributed by atoms with Gasteiger partial charge in [0.2, 0.25) is 0 Å². The van der Waals surface area contributed by atoms with Gasteiger partial charge in [0.15, 0.2) is 11.0 Å². The Kier molecular flexibility index (Phi) is 3.93. The van der Waals surface area contributed by atoms with Crippen molar-refractivity contribution < 1.29 is 0 Å². The quantitative estimate of drug-likeness (QED) is 0.784. The van der Waals surface area contributed by atoms with Gasteiger partial charge in [-0.2, -0.15) is 0 Å². The highest BCUT2D eigenvalue weighted by molar-refractivity contribution is 6.32. The predicted molar refractivity (Wildman–Crippen MR) is 67.7 cm³/mol.